The molecule has 0 aliphatic rings. The third kappa shape index (κ3) is 7.33. The van der Waals surface area contributed by atoms with Gasteiger partial charge in [0.05, 0.1) is 5.56 Å². The Labute approximate surface area is 151 Å². The molecule has 1 atom stereocenters. The van der Waals surface area contributed by atoms with Gasteiger partial charge in [-0.25, -0.2) is 4.79 Å². The monoisotopic (exact) mass is 374 g/mol. The van der Waals surface area contributed by atoms with Crippen molar-refractivity contribution < 1.29 is 27.5 Å². The lowest BCUT2D eigenvalue weighted by Crippen LogP contribution is -2.50. The van der Waals surface area contributed by atoms with Crippen molar-refractivity contribution in [2.24, 2.45) is 5.92 Å². The summed E-state index contributed by atoms with van der Waals surface area (Å²) in [6.45, 7) is 8.71. The van der Waals surface area contributed by atoms with Gasteiger partial charge in [-0.3, -0.25) is 4.79 Å². The van der Waals surface area contributed by atoms with Crippen molar-refractivity contribution in [2.75, 3.05) is 0 Å². The second-order valence-electron chi connectivity index (χ2n) is 7.28. The van der Waals surface area contributed by atoms with Crippen LogP contribution in [0.5, 0.6) is 0 Å². The zero-order chi connectivity index (χ0) is 20.1. The summed E-state index contributed by atoms with van der Waals surface area (Å²) in [5.74, 6) is -0.638. The van der Waals surface area contributed by atoms with Crippen molar-refractivity contribution in [3.05, 3.63) is 35.4 Å². The van der Waals surface area contributed by atoms with Crippen LogP contribution in [0.25, 0.3) is 0 Å². The number of halogens is 3. The first-order chi connectivity index (χ1) is 11.8. The smallest absolute Gasteiger partial charge is 0.416 e. The van der Waals surface area contributed by atoms with Crippen LogP contribution in [0.1, 0.15) is 45.7 Å². The van der Waals surface area contributed by atoms with Gasteiger partial charge < -0.3 is 15.4 Å². The second kappa shape index (κ2) is 8.42. The highest BCUT2D eigenvalue weighted by molar-refractivity contribution is 5.85. The molecule has 1 unspecified atom stereocenters. The van der Waals surface area contributed by atoms with Gasteiger partial charge in [-0.1, -0.05) is 26.0 Å². The number of carbonyl (C=O) groups excluding carboxylic acids is 2. The molecule has 5 nitrogen and oxygen atoms in total. The van der Waals surface area contributed by atoms with Gasteiger partial charge in [0.1, 0.15) is 11.6 Å². The number of nitrogens with one attached hydrogen (secondary N) is 2. The topological polar surface area (TPSA) is 67.4 Å². The molecule has 0 aliphatic heterocycles. The van der Waals surface area contributed by atoms with Crippen LogP contribution in [-0.2, 0) is 22.3 Å². The number of rotatable bonds is 5. The number of alkyl halides is 3. The summed E-state index contributed by atoms with van der Waals surface area (Å²) in [5.41, 5.74) is -0.923. The van der Waals surface area contributed by atoms with Crippen LogP contribution in [0.3, 0.4) is 0 Å². The molecule has 0 aliphatic carbocycles. The van der Waals surface area contributed by atoms with Gasteiger partial charge in [0.15, 0.2) is 0 Å². The van der Waals surface area contributed by atoms with E-state index in [0.29, 0.717) is 5.56 Å². The Bertz CT molecular complexity index is 620. The minimum absolute atomic E-state index is 0.0518. The Balaban J connectivity index is 2.66. The lowest BCUT2D eigenvalue weighted by molar-refractivity contribution is -0.137. The van der Waals surface area contributed by atoms with E-state index in [1.807, 2.05) is 0 Å². The van der Waals surface area contributed by atoms with Crippen molar-refractivity contribution in [3.8, 4) is 0 Å². The molecule has 0 heterocycles. The predicted octanol–water partition coefficient (Wildman–Crippen LogP) is 3.87. The summed E-state index contributed by atoms with van der Waals surface area (Å²) >= 11 is 0. The van der Waals surface area contributed by atoms with E-state index in [1.54, 1.807) is 34.6 Å². The average Bonchev–Trinajstić information content (AvgIpc) is 2.47. The highest BCUT2D eigenvalue weighted by Gasteiger charge is 2.30. The Hall–Kier alpha value is -2.25. The van der Waals surface area contributed by atoms with E-state index in [2.05, 4.69) is 10.6 Å². The minimum atomic E-state index is -4.40. The largest absolute Gasteiger partial charge is 0.444 e. The molecule has 2 N–H and O–H groups in total. The highest BCUT2D eigenvalue weighted by atomic mass is 19.4. The molecule has 0 saturated carbocycles. The van der Waals surface area contributed by atoms with Crippen LogP contribution in [0.2, 0.25) is 0 Å². The Morgan fingerprint density at radius 2 is 1.62 bits per heavy atom. The van der Waals surface area contributed by atoms with Gasteiger partial charge >= 0.3 is 12.3 Å². The highest BCUT2D eigenvalue weighted by Crippen LogP contribution is 2.29. The lowest BCUT2D eigenvalue weighted by Gasteiger charge is -2.25. The molecule has 1 aromatic carbocycles. The summed E-state index contributed by atoms with van der Waals surface area (Å²) in [4.78, 5) is 24.2. The summed E-state index contributed by atoms with van der Waals surface area (Å²) in [5, 5.41) is 5.13. The minimum Gasteiger partial charge on any atom is -0.444 e. The van der Waals surface area contributed by atoms with Gasteiger partial charge in [0, 0.05) is 6.54 Å². The van der Waals surface area contributed by atoms with Crippen molar-refractivity contribution >= 4 is 12.0 Å². The fourth-order valence-electron chi connectivity index (χ4n) is 2.08. The van der Waals surface area contributed by atoms with Crippen LogP contribution < -0.4 is 10.6 Å². The van der Waals surface area contributed by atoms with Crippen molar-refractivity contribution in [2.45, 2.75) is 59.0 Å². The van der Waals surface area contributed by atoms with E-state index in [0.717, 1.165) is 12.1 Å². The first-order valence-corrected chi connectivity index (χ1v) is 8.23. The van der Waals surface area contributed by atoms with Gasteiger partial charge in [0.2, 0.25) is 5.91 Å². The van der Waals surface area contributed by atoms with Crippen LogP contribution in [0, 0.1) is 5.92 Å². The van der Waals surface area contributed by atoms with E-state index < -0.39 is 35.4 Å². The molecule has 146 valence electrons. The Morgan fingerprint density at radius 3 is 2.04 bits per heavy atom. The summed E-state index contributed by atoms with van der Waals surface area (Å²) in [6, 6.07) is 3.70. The number of benzene rings is 1. The molecule has 8 heteroatoms. The average molecular weight is 374 g/mol. The summed E-state index contributed by atoms with van der Waals surface area (Å²) in [6.07, 6.45) is -5.11. The quantitative estimate of drug-likeness (QED) is 0.822. The first-order valence-electron chi connectivity index (χ1n) is 8.23. The van der Waals surface area contributed by atoms with Crippen molar-refractivity contribution in [1.29, 1.82) is 0 Å². The van der Waals surface area contributed by atoms with E-state index >= 15 is 0 Å². The second-order valence-corrected chi connectivity index (χ2v) is 7.28. The molecule has 0 fully saturated rings. The maximum atomic E-state index is 12.5. The molecule has 2 amide bonds. The van der Waals surface area contributed by atoms with Crippen molar-refractivity contribution in [1.82, 2.24) is 10.6 Å². The number of alkyl carbamates (subject to hydrolysis) is 1. The summed E-state index contributed by atoms with van der Waals surface area (Å²) < 4.78 is 42.8. The first kappa shape index (κ1) is 21.8. The molecular formula is C18H25F3N2O3. The van der Waals surface area contributed by atoms with Crippen LogP contribution in [-0.4, -0.2) is 23.6 Å². The lowest BCUT2D eigenvalue weighted by atomic mass is 10.0. The van der Waals surface area contributed by atoms with E-state index in [-0.39, 0.29) is 12.5 Å². The van der Waals surface area contributed by atoms with Crippen molar-refractivity contribution in [3.63, 3.8) is 0 Å². The standard InChI is InChI=1S/C18H25F3N2O3/c1-11(2)14(23-16(25)26-17(3,4)5)15(24)22-10-12-6-8-13(9-7-12)18(19,20)21/h6-9,11,14H,10H2,1-5H3,(H,22,24)(H,23,25). The number of amides is 2. The summed E-state index contributed by atoms with van der Waals surface area (Å²) in [7, 11) is 0. The van der Waals surface area contributed by atoms with E-state index in [1.165, 1.54) is 12.1 Å². The zero-order valence-corrected chi connectivity index (χ0v) is 15.5. The fourth-order valence-corrected chi connectivity index (χ4v) is 2.08. The molecule has 0 aromatic heterocycles. The van der Waals surface area contributed by atoms with Gasteiger partial charge in [-0.15, -0.1) is 0 Å². The third-order valence-corrected chi connectivity index (χ3v) is 3.37. The van der Waals surface area contributed by atoms with E-state index in [9.17, 15) is 22.8 Å². The Kier molecular flexibility index (Phi) is 7.06. The van der Waals surface area contributed by atoms with Gasteiger partial charge in [-0.05, 0) is 44.4 Å². The molecule has 0 radical (unpaired) electrons. The predicted molar refractivity (Wildman–Crippen MR) is 91.3 cm³/mol. The van der Waals surface area contributed by atoms with Crippen LogP contribution in [0.15, 0.2) is 24.3 Å². The van der Waals surface area contributed by atoms with Crippen LogP contribution >= 0.6 is 0 Å². The molecular weight excluding hydrogens is 349 g/mol. The zero-order valence-electron chi connectivity index (χ0n) is 15.5. The molecule has 0 spiro atoms. The van der Waals surface area contributed by atoms with Gasteiger partial charge in [-0.2, -0.15) is 13.2 Å². The Morgan fingerprint density at radius 1 is 1.08 bits per heavy atom. The maximum absolute atomic E-state index is 12.5. The number of ether oxygens (including phenoxy) is 1. The fraction of sp³-hybridized carbons (Fsp3) is 0.556. The molecule has 1 aromatic rings. The SMILES string of the molecule is CC(C)C(NC(=O)OC(C)(C)C)C(=O)NCc1ccc(C(F)(F)F)cc1. The van der Waals surface area contributed by atoms with E-state index in [4.69, 9.17) is 4.74 Å². The molecule has 26 heavy (non-hydrogen) atoms. The van der Waals surface area contributed by atoms with Gasteiger partial charge in [0.25, 0.3) is 0 Å². The maximum Gasteiger partial charge on any atom is 0.416 e. The number of carbonyl (C=O) groups is 2. The molecule has 1 rings (SSSR count). The number of hydrogen-bond acceptors (Lipinski definition) is 3. The molecule has 0 bridgehead atoms. The number of hydrogen-bond donors (Lipinski definition) is 2. The third-order valence-electron chi connectivity index (χ3n) is 3.37. The molecule has 0 saturated heterocycles. The van der Waals surface area contributed by atoms with Crippen LogP contribution in [0.4, 0.5) is 18.0 Å². The normalized spacial score (nSPS) is 13.3.